The summed E-state index contributed by atoms with van der Waals surface area (Å²) in [6.45, 7) is 6.44. The Kier molecular flexibility index (Phi) is 4.04. The average molecular weight is 309 g/mol. The van der Waals surface area contributed by atoms with Crippen LogP contribution in [0.15, 0.2) is 27.5 Å². The fourth-order valence-corrected chi connectivity index (χ4v) is 3.53. The summed E-state index contributed by atoms with van der Waals surface area (Å²) in [4.78, 5) is 13.6. The van der Waals surface area contributed by atoms with Crippen molar-refractivity contribution in [3.63, 3.8) is 0 Å². The number of fused-ring (bicyclic) bond motifs is 1. The number of hydrogen-bond acceptors (Lipinski definition) is 4. The number of amidine groups is 1. The van der Waals surface area contributed by atoms with E-state index < -0.39 is 10.0 Å². The van der Waals surface area contributed by atoms with Gasteiger partial charge >= 0.3 is 0 Å². The molecule has 0 atom stereocenters. The van der Waals surface area contributed by atoms with Gasteiger partial charge in [-0.05, 0) is 31.0 Å². The Morgan fingerprint density at radius 1 is 1.38 bits per heavy atom. The lowest BCUT2D eigenvalue weighted by atomic mass is 10.1. The highest BCUT2D eigenvalue weighted by Crippen LogP contribution is 2.32. The molecule has 6 nitrogen and oxygen atoms in total. The normalized spacial score (nSPS) is 16.4. The molecule has 0 spiro atoms. The van der Waals surface area contributed by atoms with E-state index in [-0.39, 0.29) is 10.8 Å². The van der Waals surface area contributed by atoms with E-state index in [0.717, 1.165) is 0 Å². The number of hydrogen-bond donors (Lipinski definition) is 1. The molecule has 114 valence electrons. The molecule has 1 aliphatic rings. The van der Waals surface area contributed by atoms with E-state index in [9.17, 15) is 13.2 Å². The first-order valence-corrected chi connectivity index (χ1v) is 8.15. The van der Waals surface area contributed by atoms with E-state index >= 15 is 0 Å². The molecule has 1 N–H and O–H groups in total. The van der Waals surface area contributed by atoms with Crippen LogP contribution in [0.1, 0.15) is 31.1 Å². The Hall–Kier alpha value is -1.89. The molecule has 0 saturated heterocycles. The predicted molar refractivity (Wildman–Crippen MR) is 82.3 cm³/mol. The SMILES string of the molecule is CNC(=O)c1ccc2c(c1)S(=O)(=O)N=C(C)N2CC(C)C. The van der Waals surface area contributed by atoms with E-state index in [0.29, 0.717) is 29.5 Å². The van der Waals surface area contributed by atoms with Crippen molar-refractivity contribution in [3.05, 3.63) is 23.8 Å². The second-order valence-electron chi connectivity index (χ2n) is 5.38. The molecule has 0 aliphatic carbocycles. The van der Waals surface area contributed by atoms with Crippen LogP contribution in [0.5, 0.6) is 0 Å². The van der Waals surface area contributed by atoms with Crippen LogP contribution < -0.4 is 10.2 Å². The number of carbonyl (C=O) groups excluding carboxylic acids is 1. The molecule has 0 aromatic heterocycles. The lowest BCUT2D eigenvalue weighted by Gasteiger charge is -2.30. The summed E-state index contributed by atoms with van der Waals surface area (Å²) in [5, 5.41) is 2.48. The van der Waals surface area contributed by atoms with E-state index in [4.69, 9.17) is 0 Å². The van der Waals surface area contributed by atoms with Gasteiger partial charge in [0.05, 0.1) is 5.69 Å². The van der Waals surface area contributed by atoms with Crippen molar-refractivity contribution in [3.8, 4) is 0 Å². The Labute approximate surface area is 124 Å². The van der Waals surface area contributed by atoms with Crippen LogP contribution in [0.3, 0.4) is 0 Å². The number of benzene rings is 1. The van der Waals surface area contributed by atoms with Gasteiger partial charge in [-0.3, -0.25) is 4.79 Å². The summed E-state index contributed by atoms with van der Waals surface area (Å²) in [6.07, 6.45) is 0. The van der Waals surface area contributed by atoms with Crippen molar-refractivity contribution >= 4 is 27.5 Å². The lowest BCUT2D eigenvalue weighted by Crippen LogP contribution is -2.36. The quantitative estimate of drug-likeness (QED) is 0.920. The number of nitrogens with zero attached hydrogens (tertiary/aromatic N) is 2. The van der Waals surface area contributed by atoms with Crippen molar-refractivity contribution in [1.29, 1.82) is 0 Å². The van der Waals surface area contributed by atoms with Gasteiger partial charge in [-0.15, -0.1) is 4.40 Å². The zero-order chi connectivity index (χ0) is 15.8. The predicted octanol–water partition coefficient (Wildman–Crippen LogP) is 1.63. The van der Waals surface area contributed by atoms with Crippen LogP contribution in [-0.2, 0) is 10.0 Å². The molecule has 0 bridgehead atoms. The smallest absolute Gasteiger partial charge is 0.286 e. The van der Waals surface area contributed by atoms with Crippen LogP contribution in [0.25, 0.3) is 0 Å². The Balaban J connectivity index is 2.60. The Bertz CT molecular complexity index is 708. The van der Waals surface area contributed by atoms with E-state index in [1.807, 2.05) is 4.90 Å². The molecule has 1 aromatic rings. The molecule has 1 heterocycles. The van der Waals surface area contributed by atoms with Crippen molar-refractivity contribution in [2.45, 2.75) is 25.7 Å². The molecule has 0 saturated carbocycles. The number of nitrogens with one attached hydrogen (secondary N) is 1. The number of carbonyl (C=O) groups is 1. The first-order valence-electron chi connectivity index (χ1n) is 6.71. The van der Waals surface area contributed by atoms with Crippen molar-refractivity contribution in [2.24, 2.45) is 10.3 Å². The van der Waals surface area contributed by atoms with Crippen LogP contribution >= 0.6 is 0 Å². The zero-order valence-corrected chi connectivity index (χ0v) is 13.4. The number of anilines is 1. The molecule has 2 rings (SSSR count). The van der Waals surface area contributed by atoms with Crippen LogP contribution in [-0.4, -0.2) is 33.8 Å². The summed E-state index contributed by atoms with van der Waals surface area (Å²) in [5.74, 6) is 0.473. The second-order valence-corrected chi connectivity index (χ2v) is 6.95. The third kappa shape index (κ3) is 2.92. The maximum Gasteiger partial charge on any atom is 0.286 e. The van der Waals surface area contributed by atoms with Crippen molar-refractivity contribution < 1.29 is 13.2 Å². The average Bonchev–Trinajstić information content (AvgIpc) is 2.41. The first-order chi connectivity index (χ1) is 9.76. The first kappa shape index (κ1) is 15.5. The lowest BCUT2D eigenvalue weighted by molar-refractivity contribution is 0.0963. The minimum absolute atomic E-state index is 0.0786. The molecule has 0 fully saturated rings. The molecule has 1 aliphatic heterocycles. The summed E-state index contributed by atoms with van der Waals surface area (Å²) < 4.78 is 28.3. The Morgan fingerprint density at radius 2 is 2.05 bits per heavy atom. The van der Waals surface area contributed by atoms with Gasteiger partial charge in [0.25, 0.3) is 15.9 Å². The number of rotatable bonds is 3. The second kappa shape index (κ2) is 5.48. The third-order valence-electron chi connectivity index (χ3n) is 3.21. The summed E-state index contributed by atoms with van der Waals surface area (Å²) in [5.41, 5.74) is 0.878. The van der Waals surface area contributed by atoms with E-state index in [2.05, 4.69) is 23.6 Å². The minimum Gasteiger partial charge on any atom is -0.355 e. The summed E-state index contributed by atoms with van der Waals surface area (Å²) >= 11 is 0. The summed E-state index contributed by atoms with van der Waals surface area (Å²) in [7, 11) is -2.25. The van der Waals surface area contributed by atoms with E-state index in [1.165, 1.54) is 13.1 Å². The molecule has 0 unspecified atom stereocenters. The van der Waals surface area contributed by atoms with Crippen molar-refractivity contribution in [2.75, 3.05) is 18.5 Å². The molecule has 1 amide bonds. The van der Waals surface area contributed by atoms with Gasteiger partial charge in [-0.1, -0.05) is 13.8 Å². The zero-order valence-electron chi connectivity index (χ0n) is 12.5. The van der Waals surface area contributed by atoms with Crippen molar-refractivity contribution in [1.82, 2.24) is 5.32 Å². The molecule has 21 heavy (non-hydrogen) atoms. The molecular weight excluding hydrogens is 290 g/mol. The largest absolute Gasteiger partial charge is 0.355 e. The van der Waals surface area contributed by atoms with Crippen LogP contribution in [0.2, 0.25) is 0 Å². The van der Waals surface area contributed by atoms with Gasteiger partial charge in [-0.25, -0.2) is 0 Å². The van der Waals surface area contributed by atoms with Gasteiger partial charge in [0.2, 0.25) is 0 Å². The van der Waals surface area contributed by atoms with Gasteiger partial charge in [0, 0.05) is 19.2 Å². The topological polar surface area (TPSA) is 78.8 Å². The fourth-order valence-electron chi connectivity index (χ4n) is 2.27. The van der Waals surface area contributed by atoms with E-state index in [1.54, 1.807) is 19.1 Å². The highest BCUT2D eigenvalue weighted by atomic mass is 32.2. The van der Waals surface area contributed by atoms with Gasteiger partial charge in [0.1, 0.15) is 10.7 Å². The maximum absolute atomic E-state index is 12.2. The summed E-state index contributed by atoms with van der Waals surface area (Å²) in [6, 6.07) is 4.67. The maximum atomic E-state index is 12.2. The highest BCUT2D eigenvalue weighted by molar-refractivity contribution is 7.90. The minimum atomic E-state index is -3.76. The van der Waals surface area contributed by atoms with Gasteiger partial charge < -0.3 is 10.2 Å². The van der Waals surface area contributed by atoms with Crippen LogP contribution in [0.4, 0.5) is 5.69 Å². The molecule has 1 aromatic carbocycles. The number of sulfonamides is 1. The molecule has 7 heteroatoms. The standard InChI is InChI=1S/C14H19N3O3S/c1-9(2)8-17-10(3)16-21(19,20)13-7-11(14(18)15-4)5-6-12(13)17/h5-7,9H,8H2,1-4H3,(H,15,18). The monoisotopic (exact) mass is 309 g/mol. The van der Waals surface area contributed by atoms with Gasteiger partial charge in [-0.2, -0.15) is 8.42 Å². The molecule has 0 radical (unpaired) electrons. The number of amides is 1. The third-order valence-corrected chi connectivity index (χ3v) is 4.60. The fraction of sp³-hybridized carbons (Fsp3) is 0.429. The highest BCUT2D eigenvalue weighted by Gasteiger charge is 2.30. The Morgan fingerprint density at radius 3 is 2.62 bits per heavy atom. The molecular formula is C14H19N3O3S. The van der Waals surface area contributed by atoms with Crippen LogP contribution in [0, 0.1) is 5.92 Å². The van der Waals surface area contributed by atoms with Gasteiger partial charge in [0.15, 0.2) is 0 Å².